The fourth-order valence-electron chi connectivity index (χ4n) is 6.68. The molecule has 256 valence electrons. The fraction of sp³-hybridized carbons (Fsp3) is 0. The molecule has 0 amide bonds. The van der Waals surface area contributed by atoms with Crippen LogP contribution in [0.25, 0.3) is 67.6 Å². The molecule has 8 bridgehead atoms. The van der Waals surface area contributed by atoms with Crippen LogP contribution in [0.15, 0.2) is 151 Å². The van der Waals surface area contributed by atoms with E-state index in [0.717, 1.165) is 16.8 Å². The Bertz CT molecular complexity index is 2370. The van der Waals surface area contributed by atoms with Crippen LogP contribution in [0.5, 0.6) is 0 Å². The summed E-state index contributed by atoms with van der Waals surface area (Å²) in [5, 5.41) is 0.975. The molecule has 0 radical (unpaired) electrons. The maximum absolute atomic E-state index is 16.0. The zero-order valence-corrected chi connectivity index (χ0v) is 30.2. The number of hydrogen-bond donors (Lipinski definition) is 0. The van der Waals surface area contributed by atoms with E-state index in [4.69, 9.17) is 15.0 Å². The Balaban J connectivity index is 0.00000400. The van der Waals surface area contributed by atoms with Crippen molar-refractivity contribution in [3.05, 3.63) is 187 Å². The van der Waals surface area contributed by atoms with Gasteiger partial charge in [0.1, 0.15) is 5.82 Å². The van der Waals surface area contributed by atoms with E-state index in [1.165, 1.54) is 24.3 Å². The molecule has 5 nitrogen and oxygen atoms in total. The van der Waals surface area contributed by atoms with Gasteiger partial charge in [0.15, 0.2) is 0 Å². The van der Waals surface area contributed by atoms with Crippen molar-refractivity contribution >= 4 is 46.1 Å². The summed E-state index contributed by atoms with van der Waals surface area (Å²) in [7, 11) is 0. The van der Waals surface area contributed by atoms with Gasteiger partial charge in [0, 0.05) is 34.9 Å². The Labute approximate surface area is 318 Å². The third-order valence-electron chi connectivity index (χ3n) is 8.90. The molecule has 0 fully saturated rings. The van der Waals surface area contributed by atoms with Crippen molar-refractivity contribution in [2.75, 3.05) is 0 Å². The predicted molar refractivity (Wildman–Crippen MR) is 204 cm³/mol. The molecule has 0 atom stereocenters. The molecule has 53 heavy (non-hydrogen) atoms. The number of aromatic nitrogens is 4. The SMILES string of the molecule is Fc1cc2[c-]c(c1)n(-c1ccccc1)c1nc(c(-c3ccccc3)c3[c-]c(cc(F)c3)n(-c3ccccc3)c3nc(c2-c2ccccc2)C=N3)C=C1.[Pt+2]. The first-order chi connectivity index (χ1) is 25.6. The van der Waals surface area contributed by atoms with Crippen LogP contribution >= 0.6 is 0 Å². The van der Waals surface area contributed by atoms with Crippen molar-refractivity contribution in [1.82, 2.24) is 19.1 Å². The second-order valence-electron chi connectivity index (χ2n) is 12.3. The Kier molecular flexibility index (Phi) is 9.17. The van der Waals surface area contributed by atoms with Crippen LogP contribution in [0.3, 0.4) is 0 Å². The third kappa shape index (κ3) is 6.52. The molecule has 0 saturated heterocycles. The van der Waals surface area contributed by atoms with Crippen LogP contribution in [0.4, 0.5) is 14.7 Å². The first-order valence-corrected chi connectivity index (χ1v) is 16.7. The number of rotatable bonds is 4. The number of benzene rings is 6. The van der Waals surface area contributed by atoms with E-state index in [-0.39, 0.29) is 21.1 Å². The van der Waals surface area contributed by atoms with Crippen molar-refractivity contribution in [2.24, 2.45) is 4.99 Å². The third-order valence-corrected chi connectivity index (χ3v) is 8.90. The minimum Gasteiger partial charge on any atom is -0.313 e. The summed E-state index contributed by atoms with van der Waals surface area (Å²) in [4.78, 5) is 15.0. The first-order valence-electron chi connectivity index (χ1n) is 16.7. The number of nitrogens with zero attached hydrogens (tertiary/aromatic N) is 5. The molecule has 0 N–H and O–H groups in total. The quantitative estimate of drug-likeness (QED) is 0.165. The van der Waals surface area contributed by atoms with E-state index in [9.17, 15) is 0 Å². The van der Waals surface area contributed by atoms with E-state index < -0.39 is 11.6 Å². The van der Waals surface area contributed by atoms with Gasteiger partial charge in [0.2, 0.25) is 5.95 Å². The van der Waals surface area contributed by atoms with Gasteiger partial charge < -0.3 is 4.57 Å². The molecular weight excluding hydrogens is 844 g/mol. The zero-order valence-electron chi connectivity index (χ0n) is 27.9. The summed E-state index contributed by atoms with van der Waals surface area (Å²) in [6.07, 6.45) is 5.44. The Morgan fingerprint density at radius 1 is 0.491 bits per heavy atom. The molecular formula is C45H27F2N5Pt. The van der Waals surface area contributed by atoms with Gasteiger partial charge in [-0.3, -0.25) is 4.57 Å². The fourth-order valence-corrected chi connectivity index (χ4v) is 6.68. The molecule has 7 aromatic rings. The maximum atomic E-state index is 16.0. The number of halogens is 2. The maximum Gasteiger partial charge on any atom is 2.00 e. The van der Waals surface area contributed by atoms with Gasteiger partial charge in [-0.05, 0) is 47.5 Å². The predicted octanol–water partition coefficient (Wildman–Crippen LogP) is 10.9. The molecule has 2 aliphatic heterocycles. The summed E-state index contributed by atoms with van der Waals surface area (Å²) in [5.41, 5.74) is 6.34. The average Bonchev–Trinajstić information content (AvgIpc) is 3.84. The summed E-state index contributed by atoms with van der Waals surface area (Å²) < 4.78 is 35.6. The van der Waals surface area contributed by atoms with Crippen molar-refractivity contribution in [1.29, 1.82) is 0 Å². The van der Waals surface area contributed by atoms with Crippen LogP contribution in [0.2, 0.25) is 0 Å². The van der Waals surface area contributed by atoms with Gasteiger partial charge in [-0.25, -0.2) is 23.7 Å². The molecule has 2 aliphatic rings. The summed E-state index contributed by atoms with van der Waals surface area (Å²) >= 11 is 0. The Morgan fingerprint density at radius 3 is 1.51 bits per heavy atom. The van der Waals surface area contributed by atoms with Gasteiger partial charge in [0.05, 0.1) is 5.69 Å². The minimum absolute atomic E-state index is 0. The molecule has 0 aliphatic carbocycles. The summed E-state index contributed by atoms with van der Waals surface area (Å²) in [5.74, 6) is -0.0747. The second-order valence-corrected chi connectivity index (χ2v) is 12.3. The average molecular weight is 871 g/mol. The molecule has 3 heterocycles. The number of aliphatic imine (C=N–C) groups is 1. The van der Waals surface area contributed by atoms with E-state index in [1.807, 2.05) is 138 Å². The standard InChI is InChI=1S/C45H27F2N5.Pt/c46-34-24-33-25-38(27-34)51(36-17-9-3-10-18-36)42-22-21-40(49-42)43(30-13-5-1-6-14-30)32-23-35(47)28-39(26-32)52(37-19-11-4-12-20-37)45-48-29-41(50-45)44(33)31-15-7-2-8-16-31;/h1-24,27-29H;/q-2;+2. The minimum atomic E-state index is -0.458. The van der Waals surface area contributed by atoms with E-state index >= 15 is 8.78 Å². The normalized spacial score (nSPS) is 11.7. The second kappa shape index (κ2) is 14.4. The molecule has 0 unspecified atom stereocenters. The molecule has 8 heteroatoms. The van der Waals surface area contributed by atoms with Crippen molar-refractivity contribution in [3.8, 4) is 33.6 Å². The van der Waals surface area contributed by atoms with E-state index in [2.05, 4.69) is 12.1 Å². The van der Waals surface area contributed by atoms with E-state index in [0.29, 0.717) is 61.8 Å². The molecule has 9 rings (SSSR count). The monoisotopic (exact) mass is 870 g/mol. The van der Waals surface area contributed by atoms with Gasteiger partial charge >= 0.3 is 21.1 Å². The van der Waals surface area contributed by atoms with Gasteiger partial charge in [0.25, 0.3) is 0 Å². The van der Waals surface area contributed by atoms with Crippen molar-refractivity contribution < 1.29 is 29.8 Å². The van der Waals surface area contributed by atoms with Gasteiger partial charge in [-0.1, -0.05) is 131 Å². The Hall–Kier alpha value is -6.30. The first kappa shape index (κ1) is 33.8. The van der Waals surface area contributed by atoms with Crippen LogP contribution in [-0.4, -0.2) is 25.3 Å². The zero-order chi connectivity index (χ0) is 35.0. The van der Waals surface area contributed by atoms with Crippen LogP contribution in [-0.2, 0) is 21.1 Å². The summed E-state index contributed by atoms with van der Waals surface area (Å²) in [6, 6.07) is 51.4. The summed E-state index contributed by atoms with van der Waals surface area (Å²) in [6.45, 7) is 0. The molecule has 0 spiro atoms. The Morgan fingerprint density at radius 2 is 0.962 bits per heavy atom. The van der Waals surface area contributed by atoms with Gasteiger partial charge in [-0.2, -0.15) is 0 Å². The number of para-hydroxylation sites is 2. The van der Waals surface area contributed by atoms with Crippen LogP contribution in [0.1, 0.15) is 17.2 Å². The van der Waals surface area contributed by atoms with Crippen molar-refractivity contribution in [2.45, 2.75) is 0 Å². The molecule has 0 saturated carbocycles. The number of fused-ring (bicyclic) bond motifs is 8. The number of hydrogen-bond acceptors (Lipinski definition) is 3. The van der Waals surface area contributed by atoms with Crippen LogP contribution in [0, 0.1) is 23.8 Å². The molecule has 1 aromatic heterocycles. The topological polar surface area (TPSA) is 48.0 Å². The largest absolute Gasteiger partial charge is 2.00 e. The smallest absolute Gasteiger partial charge is 0.313 e. The molecule has 6 aromatic carbocycles. The van der Waals surface area contributed by atoms with Gasteiger partial charge in [-0.15, -0.1) is 35.0 Å². The van der Waals surface area contributed by atoms with E-state index in [1.54, 1.807) is 10.8 Å². The van der Waals surface area contributed by atoms with Crippen LogP contribution < -0.4 is 0 Å². The van der Waals surface area contributed by atoms with Crippen molar-refractivity contribution in [3.63, 3.8) is 0 Å².